The maximum absolute atomic E-state index is 3.37. The molecule has 0 aliphatic carbocycles. The minimum absolute atomic E-state index is 1.01. The smallest absolute Gasteiger partial charge is 0.0327 e. The molecular formula is C13H24N2S. The van der Waals surface area contributed by atoms with Gasteiger partial charge in [0, 0.05) is 22.8 Å². The fourth-order valence-electron chi connectivity index (χ4n) is 1.74. The van der Waals surface area contributed by atoms with Gasteiger partial charge in [0.1, 0.15) is 0 Å². The number of rotatable bonds is 8. The van der Waals surface area contributed by atoms with Crippen LogP contribution in [0.3, 0.4) is 0 Å². The van der Waals surface area contributed by atoms with Crippen molar-refractivity contribution < 1.29 is 0 Å². The highest BCUT2D eigenvalue weighted by Gasteiger charge is 2.05. The van der Waals surface area contributed by atoms with Crippen molar-refractivity contribution in [3.63, 3.8) is 0 Å². The van der Waals surface area contributed by atoms with Gasteiger partial charge in [-0.05, 0) is 38.2 Å². The maximum Gasteiger partial charge on any atom is 0.0327 e. The lowest BCUT2D eigenvalue weighted by molar-refractivity contribution is 0.283. The molecule has 0 fully saturated rings. The van der Waals surface area contributed by atoms with Crippen LogP contribution in [0.1, 0.15) is 36.9 Å². The number of hydrogen-bond acceptors (Lipinski definition) is 3. The Balaban J connectivity index is 2.43. The second-order valence-electron chi connectivity index (χ2n) is 4.02. The molecule has 0 saturated carbocycles. The van der Waals surface area contributed by atoms with E-state index in [0.717, 1.165) is 26.2 Å². The molecule has 1 N–H and O–H groups in total. The molecule has 0 unspecified atom stereocenters. The first-order valence-electron chi connectivity index (χ1n) is 6.30. The van der Waals surface area contributed by atoms with Crippen LogP contribution in [-0.4, -0.2) is 24.5 Å². The molecule has 0 aliphatic heterocycles. The van der Waals surface area contributed by atoms with Crippen molar-refractivity contribution in [1.29, 1.82) is 0 Å². The van der Waals surface area contributed by atoms with E-state index in [4.69, 9.17) is 0 Å². The van der Waals surface area contributed by atoms with E-state index in [2.05, 4.69) is 43.1 Å². The molecule has 0 spiro atoms. The summed E-state index contributed by atoms with van der Waals surface area (Å²) in [5.74, 6) is 0. The predicted molar refractivity (Wildman–Crippen MR) is 72.9 cm³/mol. The fourth-order valence-corrected chi connectivity index (χ4v) is 2.77. The summed E-state index contributed by atoms with van der Waals surface area (Å²) in [5.41, 5.74) is 0. The third-order valence-corrected chi connectivity index (χ3v) is 3.70. The summed E-state index contributed by atoms with van der Waals surface area (Å²) in [4.78, 5) is 5.44. The lowest BCUT2D eigenvalue weighted by Crippen LogP contribution is -2.22. The van der Waals surface area contributed by atoms with E-state index >= 15 is 0 Å². The molecule has 0 radical (unpaired) electrons. The molecule has 0 saturated heterocycles. The third kappa shape index (κ3) is 4.64. The summed E-state index contributed by atoms with van der Waals surface area (Å²) in [6.45, 7) is 12.2. The molecule has 1 aromatic heterocycles. The van der Waals surface area contributed by atoms with Gasteiger partial charge in [0.2, 0.25) is 0 Å². The number of thiophene rings is 1. The summed E-state index contributed by atoms with van der Waals surface area (Å²) in [6, 6.07) is 4.53. The minimum Gasteiger partial charge on any atom is -0.312 e. The van der Waals surface area contributed by atoms with E-state index in [1.54, 1.807) is 0 Å². The van der Waals surface area contributed by atoms with Gasteiger partial charge in [-0.1, -0.05) is 20.8 Å². The molecule has 0 atom stereocenters. The third-order valence-electron chi connectivity index (χ3n) is 2.63. The molecule has 1 aromatic rings. The molecule has 2 nitrogen and oxygen atoms in total. The first-order chi connectivity index (χ1) is 7.80. The monoisotopic (exact) mass is 240 g/mol. The van der Waals surface area contributed by atoms with E-state index < -0.39 is 0 Å². The highest BCUT2D eigenvalue weighted by atomic mass is 32.1. The second-order valence-corrected chi connectivity index (χ2v) is 5.27. The van der Waals surface area contributed by atoms with Crippen molar-refractivity contribution in [1.82, 2.24) is 10.2 Å². The van der Waals surface area contributed by atoms with Crippen molar-refractivity contribution in [2.45, 2.75) is 40.3 Å². The standard InChI is InChI=1S/C13H24N2S/c1-4-9-15(6-3)11-13-8-7-12(16-13)10-14-5-2/h7-8,14H,4-6,9-11H2,1-3H3. The van der Waals surface area contributed by atoms with Crippen molar-refractivity contribution in [2.24, 2.45) is 0 Å². The highest BCUT2D eigenvalue weighted by molar-refractivity contribution is 7.11. The first kappa shape index (κ1) is 13.7. The van der Waals surface area contributed by atoms with Crippen LogP contribution in [-0.2, 0) is 13.1 Å². The zero-order chi connectivity index (χ0) is 11.8. The highest BCUT2D eigenvalue weighted by Crippen LogP contribution is 2.18. The van der Waals surface area contributed by atoms with Gasteiger partial charge < -0.3 is 5.32 Å². The molecule has 0 aliphatic rings. The number of hydrogen-bond donors (Lipinski definition) is 1. The van der Waals surface area contributed by atoms with Crippen LogP contribution in [0.15, 0.2) is 12.1 Å². The van der Waals surface area contributed by atoms with Gasteiger partial charge in [-0.2, -0.15) is 0 Å². The molecule has 3 heteroatoms. The summed E-state index contributed by atoms with van der Waals surface area (Å²) >= 11 is 1.94. The number of nitrogens with zero attached hydrogens (tertiary/aromatic N) is 1. The first-order valence-corrected chi connectivity index (χ1v) is 7.12. The van der Waals surface area contributed by atoms with Crippen molar-refractivity contribution in [3.8, 4) is 0 Å². The van der Waals surface area contributed by atoms with Crippen LogP contribution < -0.4 is 5.32 Å². The van der Waals surface area contributed by atoms with Gasteiger partial charge in [0.05, 0.1) is 0 Å². The van der Waals surface area contributed by atoms with E-state index in [9.17, 15) is 0 Å². The Bertz CT molecular complexity index is 283. The van der Waals surface area contributed by atoms with Crippen LogP contribution in [0.25, 0.3) is 0 Å². The Kier molecular flexibility index (Phi) is 6.69. The Hall–Kier alpha value is -0.380. The Morgan fingerprint density at radius 1 is 1.19 bits per heavy atom. The average Bonchev–Trinajstić information content (AvgIpc) is 2.73. The molecule has 16 heavy (non-hydrogen) atoms. The Labute approximate surface area is 104 Å². The zero-order valence-corrected chi connectivity index (χ0v) is 11.6. The summed E-state index contributed by atoms with van der Waals surface area (Å²) in [5, 5.41) is 3.37. The predicted octanol–water partition coefficient (Wildman–Crippen LogP) is 3.09. The van der Waals surface area contributed by atoms with Gasteiger partial charge >= 0.3 is 0 Å². The minimum atomic E-state index is 1.01. The molecule has 0 bridgehead atoms. The van der Waals surface area contributed by atoms with E-state index in [0.29, 0.717) is 0 Å². The SMILES string of the molecule is CCCN(CC)Cc1ccc(CNCC)s1. The van der Waals surface area contributed by atoms with Gasteiger partial charge in [-0.3, -0.25) is 4.90 Å². The normalized spacial score (nSPS) is 11.2. The summed E-state index contributed by atoms with van der Waals surface area (Å²) in [6.07, 6.45) is 1.24. The van der Waals surface area contributed by atoms with Crippen molar-refractivity contribution in [2.75, 3.05) is 19.6 Å². The summed E-state index contributed by atoms with van der Waals surface area (Å²) < 4.78 is 0. The maximum atomic E-state index is 3.37. The zero-order valence-electron chi connectivity index (χ0n) is 10.8. The molecule has 92 valence electrons. The largest absolute Gasteiger partial charge is 0.312 e. The molecular weight excluding hydrogens is 216 g/mol. The van der Waals surface area contributed by atoms with Crippen molar-refractivity contribution in [3.05, 3.63) is 21.9 Å². The van der Waals surface area contributed by atoms with Crippen molar-refractivity contribution >= 4 is 11.3 Å². The van der Waals surface area contributed by atoms with E-state index in [1.807, 2.05) is 11.3 Å². The van der Waals surface area contributed by atoms with Gasteiger partial charge in [-0.15, -0.1) is 11.3 Å². The quantitative estimate of drug-likeness (QED) is 0.751. The molecule has 1 rings (SSSR count). The van der Waals surface area contributed by atoms with Crippen LogP contribution in [0.4, 0.5) is 0 Å². The van der Waals surface area contributed by atoms with Crippen LogP contribution in [0.2, 0.25) is 0 Å². The lowest BCUT2D eigenvalue weighted by atomic mass is 10.3. The van der Waals surface area contributed by atoms with E-state index in [1.165, 1.54) is 22.7 Å². The number of nitrogens with one attached hydrogen (secondary N) is 1. The van der Waals surface area contributed by atoms with Gasteiger partial charge in [0.15, 0.2) is 0 Å². The molecule has 0 amide bonds. The van der Waals surface area contributed by atoms with Gasteiger partial charge in [-0.25, -0.2) is 0 Å². The van der Waals surface area contributed by atoms with Crippen LogP contribution >= 0.6 is 11.3 Å². The molecule has 0 aromatic carbocycles. The molecule has 1 heterocycles. The van der Waals surface area contributed by atoms with E-state index in [-0.39, 0.29) is 0 Å². The average molecular weight is 240 g/mol. The van der Waals surface area contributed by atoms with Crippen LogP contribution in [0.5, 0.6) is 0 Å². The fraction of sp³-hybridized carbons (Fsp3) is 0.692. The summed E-state index contributed by atoms with van der Waals surface area (Å²) in [7, 11) is 0. The Morgan fingerprint density at radius 2 is 1.94 bits per heavy atom. The van der Waals surface area contributed by atoms with Crippen LogP contribution in [0, 0.1) is 0 Å². The second kappa shape index (κ2) is 7.82. The topological polar surface area (TPSA) is 15.3 Å². The Morgan fingerprint density at radius 3 is 2.56 bits per heavy atom. The van der Waals surface area contributed by atoms with Gasteiger partial charge in [0.25, 0.3) is 0 Å². The lowest BCUT2D eigenvalue weighted by Gasteiger charge is -2.18.